The minimum atomic E-state index is -0.438. The Bertz CT molecular complexity index is 1180. The zero-order chi connectivity index (χ0) is 21.5. The second-order valence-corrected chi connectivity index (χ2v) is 8.08. The van der Waals surface area contributed by atoms with Crippen LogP contribution in [-0.2, 0) is 13.5 Å². The Labute approximate surface area is 180 Å². The molecule has 0 radical (unpaired) electrons. The van der Waals surface area contributed by atoms with E-state index in [1.54, 1.807) is 11.0 Å². The molecular weight excluding hydrogens is 393 g/mol. The molecule has 0 saturated carbocycles. The Morgan fingerprint density at radius 1 is 1.23 bits per heavy atom. The molecule has 2 aliphatic heterocycles. The SMILES string of the molecule is CCCc1ccc(C2Nc3cc(F)cc4c3C(=CCNC4=O)C2c2ncnn2C)cc1. The van der Waals surface area contributed by atoms with Gasteiger partial charge in [0.05, 0.1) is 17.5 Å². The van der Waals surface area contributed by atoms with Gasteiger partial charge in [0.25, 0.3) is 5.91 Å². The lowest BCUT2D eigenvalue weighted by molar-refractivity contribution is 0.0958. The first-order valence-corrected chi connectivity index (χ1v) is 10.6. The number of aromatic nitrogens is 3. The fraction of sp³-hybridized carbons (Fsp3) is 0.292. The van der Waals surface area contributed by atoms with Crippen LogP contribution in [0.3, 0.4) is 0 Å². The zero-order valence-electron chi connectivity index (χ0n) is 17.5. The summed E-state index contributed by atoms with van der Waals surface area (Å²) in [6.07, 6.45) is 5.68. The molecule has 31 heavy (non-hydrogen) atoms. The van der Waals surface area contributed by atoms with Crippen molar-refractivity contribution in [2.75, 3.05) is 11.9 Å². The Morgan fingerprint density at radius 3 is 2.74 bits per heavy atom. The highest BCUT2D eigenvalue weighted by Crippen LogP contribution is 2.50. The number of nitrogens with zero attached hydrogens (tertiary/aromatic N) is 3. The van der Waals surface area contributed by atoms with Crippen molar-refractivity contribution in [3.8, 4) is 0 Å². The van der Waals surface area contributed by atoms with Crippen LogP contribution in [0.1, 0.15) is 58.2 Å². The van der Waals surface area contributed by atoms with Gasteiger partial charge in [0.2, 0.25) is 0 Å². The van der Waals surface area contributed by atoms with E-state index in [9.17, 15) is 9.18 Å². The Kier molecular flexibility index (Phi) is 4.81. The molecule has 7 heteroatoms. The minimum Gasteiger partial charge on any atom is -0.377 e. The minimum absolute atomic E-state index is 0.180. The summed E-state index contributed by atoms with van der Waals surface area (Å²) in [6, 6.07) is 11.1. The highest BCUT2D eigenvalue weighted by molar-refractivity contribution is 6.04. The van der Waals surface area contributed by atoms with E-state index in [0.29, 0.717) is 17.8 Å². The van der Waals surface area contributed by atoms with Gasteiger partial charge in [-0.05, 0) is 35.3 Å². The second kappa shape index (κ2) is 7.65. The normalized spacial score (nSPS) is 19.7. The van der Waals surface area contributed by atoms with Gasteiger partial charge in [-0.3, -0.25) is 9.48 Å². The van der Waals surface area contributed by atoms with E-state index in [1.165, 1.54) is 17.7 Å². The van der Waals surface area contributed by atoms with E-state index in [4.69, 9.17) is 0 Å². The average Bonchev–Trinajstić information content (AvgIpc) is 3.11. The number of carbonyl (C=O) groups is 1. The van der Waals surface area contributed by atoms with Crippen LogP contribution in [0.4, 0.5) is 10.1 Å². The number of benzene rings is 2. The molecule has 0 bridgehead atoms. The predicted molar refractivity (Wildman–Crippen MR) is 117 cm³/mol. The summed E-state index contributed by atoms with van der Waals surface area (Å²) in [4.78, 5) is 17.2. The van der Waals surface area contributed by atoms with Crippen molar-refractivity contribution in [3.63, 3.8) is 0 Å². The highest BCUT2D eigenvalue weighted by Gasteiger charge is 2.40. The maximum Gasteiger partial charge on any atom is 0.252 e. The van der Waals surface area contributed by atoms with Gasteiger partial charge >= 0.3 is 0 Å². The van der Waals surface area contributed by atoms with Crippen molar-refractivity contribution < 1.29 is 9.18 Å². The number of carbonyl (C=O) groups excluding carboxylic acids is 1. The van der Waals surface area contributed by atoms with E-state index in [2.05, 4.69) is 51.9 Å². The predicted octanol–water partition coefficient (Wildman–Crippen LogP) is 3.98. The zero-order valence-corrected chi connectivity index (χ0v) is 17.5. The standard InChI is InChI=1S/C24H24FN5O/c1-3-4-14-5-7-15(8-6-14)22-21(23-27-13-28-30(23)2)17-9-10-26-24(31)18-11-16(25)12-19(29-22)20(17)18/h5-9,11-13,21-22,29H,3-4,10H2,1-2H3,(H,26,31). The van der Waals surface area contributed by atoms with E-state index in [0.717, 1.165) is 35.4 Å². The first-order valence-electron chi connectivity index (χ1n) is 10.6. The topological polar surface area (TPSA) is 71.8 Å². The van der Waals surface area contributed by atoms with Crippen molar-refractivity contribution in [1.82, 2.24) is 20.1 Å². The molecular formula is C24H24FN5O. The van der Waals surface area contributed by atoms with Crippen molar-refractivity contribution in [2.45, 2.75) is 31.7 Å². The number of hydrogen-bond donors (Lipinski definition) is 2. The fourth-order valence-electron chi connectivity index (χ4n) is 4.71. The van der Waals surface area contributed by atoms with Gasteiger partial charge in [0.15, 0.2) is 0 Å². The molecule has 0 fully saturated rings. The van der Waals surface area contributed by atoms with E-state index in [-0.39, 0.29) is 17.9 Å². The quantitative estimate of drug-likeness (QED) is 0.674. The fourth-order valence-corrected chi connectivity index (χ4v) is 4.71. The Balaban J connectivity index is 1.71. The van der Waals surface area contributed by atoms with Gasteiger partial charge in [0, 0.05) is 24.8 Å². The molecule has 0 spiro atoms. The lowest BCUT2D eigenvalue weighted by Crippen LogP contribution is -2.29. The number of amides is 1. The molecule has 0 aliphatic carbocycles. The third-order valence-electron chi connectivity index (χ3n) is 6.10. The monoisotopic (exact) mass is 417 g/mol. The lowest BCUT2D eigenvalue weighted by atomic mass is 9.77. The molecule has 6 nitrogen and oxygen atoms in total. The number of hydrogen-bond acceptors (Lipinski definition) is 4. The maximum atomic E-state index is 14.4. The first-order chi connectivity index (χ1) is 15.1. The molecule has 3 aromatic rings. The Morgan fingerprint density at radius 2 is 2.03 bits per heavy atom. The molecule has 2 unspecified atom stereocenters. The average molecular weight is 417 g/mol. The van der Waals surface area contributed by atoms with Crippen LogP contribution in [-0.4, -0.2) is 27.2 Å². The highest BCUT2D eigenvalue weighted by atomic mass is 19.1. The van der Waals surface area contributed by atoms with Crippen LogP contribution in [0.25, 0.3) is 5.57 Å². The summed E-state index contributed by atoms with van der Waals surface area (Å²) < 4.78 is 16.2. The van der Waals surface area contributed by atoms with E-state index < -0.39 is 5.82 Å². The van der Waals surface area contributed by atoms with E-state index in [1.807, 2.05) is 13.1 Å². The third kappa shape index (κ3) is 3.30. The van der Waals surface area contributed by atoms with Crippen molar-refractivity contribution in [3.05, 3.63) is 82.7 Å². The van der Waals surface area contributed by atoms with Crippen molar-refractivity contribution in [1.29, 1.82) is 0 Å². The van der Waals surface area contributed by atoms with Crippen LogP contribution in [0, 0.1) is 5.82 Å². The van der Waals surface area contributed by atoms with Gasteiger partial charge in [0.1, 0.15) is 18.0 Å². The number of anilines is 1. The molecule has 0 saturated heterocycles. The van der Waals surface area contributed by atoms with Crippen LogP contribution in [0.15, 0.2) is 48.8 Å². The van der Waals surface area contributed by atoms with Gasteiger partial charge in [-0.25, -0.2) is 9.37 Å². The Hall–Kier alpha value is -3.48. The molecule has 2 aliphatic rings. The maximum absolute atomic E-state index is 14.4. The summed E-state index contributed by atoms with van der Waals surface area (Å²) in [5.74, 6) is -0.111. The summed E-state index contributed by atoms with van der Waals surface area (Å²) in [5, 5.41) is 10.7. The first kappa shape index (κ1) is 19.5. The number of rotatable bonds is 4. The lowest BCUT2D eigenvalue weighted by Gasteiger charge is -2.37. The molecule has 2 atom stereocenters. The molecule has 5 rings (SSSR count). The molecule has 2 aromatic carbocycles. The molecule has 1 amide bonds. The molecule has 3 heterocycles. The van der Waals surface area contributed by atoms with Crippen LogP contribution in [0.2, 0.25) is 0 Å². The van der Waals surface area contributed by atoms with Crippen molar-refractivity contribution >= 4 is 17.2 Å². The number of aryl methyl sites for hydroxylation is 2. The van der Waals surface area contributed by atoms with Crippen LogP contribution >= 0.6 is 0 Å². The van der Waals surface area contributed by atoms with Crippen molar-refractivity contribution in [2.24, 2.45) is 7.05 Å². The summed E-state index contributed by atoms with van der Waals surface area (Å²) in [5.41, 5.74) is 5.03. The van der Waals surface area contributed by atoms with Gasteiger partial charge in [-0.1, -0.05) is 43.7 Å². The number of halogens is 1. The summed E-state index contributed by atoms with van der Waals surface area (Å²) in [6.45, 7) is 2.54. The van der Waals surface area contributed by atoms with Crippen LogP contribution in [0.5, 0.6) is 0 Å². The molecule has 1 aromatic heterocycles. The largest absolute Gasteiger partial charge is 0.377 e. The van der Waals surface area contributed by atoms with Gasteiger partial charge < -0.3 is 10.6 Å². The third-order valence-corrected chi connectivity index (χ3v) is 6.10. The smallest absolute Gasteiger partial charge is 0.252 e. The molecule has 2 N–H and O–H groups in total. The van der Waals surface area contributed by atoms with Crippen LogP contribution < -0.4 is 10.6 Å². The summed E-state index contributed by atoms with van der Waals surface area (Å²) >= 11 is 0. The van der Waals surface area contributed by atoms with E-state index >= 15 is 0 Å². The van der Waals surface area contributed by atoms with Gasteiger partial charge in [-0.2, -0.15) is 5.10 Å². The van der Waals surface area contributed by atoms with Gasteiger partial charge in [-0.15, -0.1) is 0 Å². The number of nitrogens with one attached hydrogen (secondary N) is 2. The summed E-state index contributed by atoms with van der Waals surface area (Å²) in [7, 11) is 1.87. The second-order valence-electron chi connectivity index (χ2n) is 8.08. The molecule has 158 valence electrons.